The molecule has 1 aromatic heterocycles. The zero-order valence-corrected chi connectivity index (χ0v) is 9.61. The first kappa shape index (κ1) is 10.5. The number of hydrogen-bond donors (Lipinski definition) is 0. The molecule has 0 aliphatic carbocycles. The number of nitrogens with zero attached hydrogens (tertiary/aromatic N) is 1. The molecule has 0 radical (unpaired) electrons. The van der Waals surface area contributed by atoms with E-state index in [2.05, 4.69) is 25.7 Å². The van der Waals surface area contributed by atoms with Gasteiger partial charge in [-0.1, -0.05) is 0 Å². The lowest BCUT2D eigenvalue weighted by atomic mass is 10.3. The molecule has 1 rings (SSSR count). The molecule has 0 atom stereocenters. The summed E-state index contributed by atoms with van der Waals surface area (Å²) in [5, 5.41) is 0.795. The SMILES string of the molecule is COC(=O)c1cc(SC)ncc1Br. The number of hydrogen-bond acceptors (Lipinski definition) is 4. The summed E-state index contributed by atoms with van der Waals surface area (Å²) in [6.45, 7) is 0. The lowest BCUT2D eigenvalue weighted by Gasteiger charge is -2.02. The molecule has 0 aromatic carbocycles. The molecule has 0 N–H and O–H groups in total. The zero-order valence-electron chi connectivity index (χ0n) is 7.20. The predicted molar refractivity (Wildman–Crippen MR) is 55.1 cm³/mol. The lowest BCUT2D eigenvalue weighted by molar-refractivity contribution is 0.0599. The number of esters is 1. The topological polar surface area (TPSA) is 39.2 Å². The van der Waals surface area contributed by atoms with Crippen molar-refractivity contribution in [3.8, 4) is 0 Å². The molecule has 0 amide bonds. The van der Waals surface area contributed by atoms with Crippen LogP contribution in [0.15, 0.2) is 21.8 Å². The van der Waals surface area contributed by atoms with Gasteiger partial charge in [-0.25, -0.2) is 9.78 Å². The maximum absolute atomic E-state index is 11.2. The molecule has 0 bridgehead atoms. The highest BCUT2D eigenvalue weighted by Gasteiger charge is 2.11. The molecule has 0 unspecified atom stereocenters. The zero-order chi connectivity index (χ0) is 9.84. The first-order chi connectivity index (χ1) is 6.19. The Morgan fingerprint density at radius 3 is 2.92 bits per heavy atom. The quantitative estimate of drug-likeness (QED) is 0.605. The van der Waals surface area contributed by atoms with Gasteiger partial charge < -0.3 is 4.74 Å². The average molecular weight is 262 g/mol. The van der Waals surface area contributed by atoms with Crippen LogP contribution < -0.4 is 0 Å². The third-order valence-corrected chi connectivity index (χ3v) is 2.72. The fourth-order valence-electron chi connectivity index (χ4n) is 0.798. The van der Waals surface area contributed by atoms with Gasteiger partial charge in [-0.05, 0) is 28.3 Å². The molecule has 70 valence electrons. The van der Waals surface area contributed by atoms with Crippen molar-refractivity contribution in [3.05, 3.63) is 22.3 Å². The number of carbonyl (C=O) groups excluding carboxylic acids is 1. The van der Waals surface area contributed by atoms with E-state index in [1.54, 1.807) is 12.3 Å². The van der Waals surface area contributed by atoms with Crippen molar-refractivity contribution in [2.75, 3.05) is 13.4 Å². The molecule has 0 aliphatic rings. The first-order valence-electron chi connectivity index (χ1n) is 3.47. The molecule has 1 aromatic rings. The Kier molecular flexibility index (Phi) is 3.74. The van der Waals surface area contributed by atoms with Gasteiger partial charge in [0.1, 0.15) is 0 Å². The van der Waals surface area contributed by atoms with Gasteiger partial charge in [0.25, 0.3) is 0 Å². The van der Waals surface area contributed by atoms with E-state index in [-0.39, 0.29) is 5.97 Å². The van der Waals surface area contributed by atoms with Crippen molar-refractivity contribution < 1.29 is 9.53 Å². The number of aromatic nitrogens is 1. The van der Waals surface area contributed by atoms with E-state index >= 15 is 0 Å². The maximum atomic E-state index is 11.2. The Morgan fingerprint density at radius 2 is 2.38 bits per heavy atom. The Morgan fingerprint density at radius 1 is 1.69 bits per heavy atom. The molecule has 0 saturated heterocycles. The van der Waals surface area contributed by atoms with Crippen LogP contribution in [0, 0.1) is 0 Å². The molecule has 0 fully saturated rings. The molecule has 0 saturated carbocycles. The molecule has 13 heavy (non-hydrogen) atoms. The van der Waals surface area contributed by atoms with Crippen LogP contribution in [0.1, 0.15) is 10.4 Å². The van der Waals surface area contributed by atoms with Gasteiger partial charge in [-0.15, -0.1) is 11.8 Å². The molecule has 3 nitrogen and oxygen atoms in total. The standard InChI is InChI=1S/C8H8BrNO2S/c1-12-8(11)5-3-7(13-2)10-4-6(5)9/h3-4H,1-2H3. The van der Waals surface area contributed by atoms with Crippen LogP contribution in [-0.4, -0.2) is 24.3 Å². The minimum absolute atomic E-state index is 0.357. The Labute approximate surface area is 89.0 Å². The van der Waals surface area contributed by atoms with Crippen molar-refractivity contribution in [2.24, 2.45) is 0 Å². The van der Waals surface area contributed by atoms with Crippen molar-refractivity contribution in [3.63, 3.8) is 0 Å². The number of rotatable bonds is 2. The number of ether oxygens (including phenoxy) is 1. The largest absolute Gasteiger partial charge is 0.465 e. The molecule has 0 spiro atoms. The van der Waals surface area contributed by atoms with E-state index in [1.165, 1.54) is 18.9 Å². The van der Waals surface area contributed by atoms with Gasteiger partial charge in [0.05, 0.1) is 22.2 Å². The van der Waals surface area contributed by atoms with E-state index in [9.17, 15) is 4.79 Å². The van der Waals surface area contributed by atoms with Crippen LogP contribution in [-0.2, 0) is 4.74 Å². The van der Waals surface area contributed by atoms with E-state index in [4.69, 9.17) is 0 Å². The van der Waals surface area contributed by atoms with Crippen LogP contribution in [0.25, 0.3) is 0 Å². The number of methoxy groups -OCH3 is 1. The molecule has 1 heterocycles. The number of pyridine rings is 1. The number of thioether (sulfide) groups is 1. The second-order valence-electron chi connectivity index (χ2n) is 2.20. The van der Waals surface area contributed by atoms with Crippen molar-refractivity contribution in [1.29, 1.82) is 0 Å². The monoisotopic (exact) mass is 261 g/mol. The summed E-state index contributed by atoms with van der Waals surface area (Å²) in [6.07, 6.45) is 3.50. The summed E-state index contributed by atoms with van der Waals surface area (Å²) in [5.41, 5.74) is 0.502. The predicted octanol–water partition coefficient (Wildman–Crippen LogP) is 2.35. The van der Waals surface area contributed by atoms with E-state index in [0.717, 1.165) is 5.03 Å². The van der Waals surface area contributed by atoms with Gasteiger partial charge >= 0.3 is 5.97 Å². The summed E-state index contributed by atoms with van der Waals surface area (Å²) < 4.78 is 5.26. The lowest BCUT2D eigenvalue weighted by Crippen LogP contribution is -2.03. The van der Waals surface area contributed by atoms with Crippen molar-refractivity contribution >= 4 is 33.7 Å². The molecule has 0 aliphatic heterocycles. The van der Waals surface area contributed by atoms with Gasteiger partial charge in [-0.3, -0.25) is 0 Å². The van der Waals surface area contributed by atoms with Gasteiger partial charge in [-0.2, -0.15) is 0 Å². The van der Waals surface area contributed by atoms with E-state index < -0.39 is 0 Å². The fraction of sp³-hybridized carbons (Fsp3) is 0.250. The fourth-order valence-corrected chi connectivity index (χ4v) is 1.57. The average Bonchev–Trinajstić information content (AvgIpc) is 2.17. The van der Waals surface area contributed by atoms with Gasteiger partial charge in [0.15, 0.2) is 0 Å². The second-order valence-corrected chi connectivity index (χ2v) is 3.88. The van der Waals surface area contributed by atoms with Crippen molar-refractivity contribution in [1.82, 2.24) is 4.98 Å². The summed E-state index contributed by atoms with van der Waals surface area (Å²) in [5.74, 6) is -0.357. The first-order valence-corrected chi connectivity index (χ1v) is 5.48. The normalized spacial score (nSPS) is 9.77. The second kappa shape index (κ2) is 4.62. The molecular weight excluding hydrogens is 254 g/mol. The summed E-state index contributed by atoms with van der Waals surface area (Å²) >= 11 is 4.71. The number of carbonyl (C=O) groups is 1. The minimum atomic E-state index is -0.357. The third-order valence-electron chi connectivity index (χ3n) is 1.44. The van der Waals surface area contributed by atoms with Crippen LogP contribution in [0.4, 0.5) is 0 Å². The maximum Gasteiger partial charge on any atom is 0.339 e. The van der Waals surface area contributed by atoms with E-state index in [1.807, 2.05) is 6.26 Å². The Bertz CT molecular complexity index is 330. The smallest absolute Gasteiger partial charge is 0.339 e. The van der Waals surface area contributed by atoms with Crippen molar-refractivity contribution in [2.45, 2.75) is 5.03 Å². The van der Waals surface area contributed by atoms with Gasteiger partial charge in [0.2, 0.25) is 0 Å². The number of halogens is 1. The highest BCUT2D eigenvalue weighted by Crippen LogP contribution is 2.21. The van der Waals surface area contributed by atoms with Crippen LogP contribution in [0.5, 0.6) is 0 Å². The van der Waals surface area contributed by atoms with E-state index in [0.29, 0.717) is 10.0 Å². The molecular formula is C8H8BrNO2S. The van der Waals surface area contributed by atoms with Crippen LogP contribution >= 0.6 is 27.7 Å². The minimum Gasteiger partial charge on any atom is -0.465 e. The van der Waals surface area contributed by atoms with Crippen LogP contribution in [0.3, 0.4) is 0 Å². The Balaban J connectivity index is 3.11. The Hall–Kier alpha value is -0.550. The van der Waals surface area contributed by atoms with Crippen LogP contribution in [0.2, 0.25) is 0 Å². The third kappa shape index (κ3) is 2.45. The summed E-state index contributed by atoms with van der Waals surface area (Å²) in [7, 11) is 1.36. The highest BCUT2D eigenvalue weighted by atomic mass is 79.9. The van der Waals surface area contributed by atoms with Gasteiger partial charge in [0, 0.05) is 6.20 Å². The summed E-state index contributed by atoms with van der Waals surface area (Å²) in [4.78, 5) is 15.3. The molecule has 5 heteroatoms. The highest BCUT2D eigenvalue weighted by molar-refractivity contribution is 9.10. The summed E-state index contributed by atoms with van der Waals surface area (Å²) in [6, 6.07) is 1.70.